The Bertz CT molecular complexity index is 1240. The molecule has 1 aliphatic heterocycles. The fourth-order valence-electron chi connectivity index (χ4n) is 3.89. The Labute approximate surface area is 218 Å². The maximum Gasteiger partial charge on any atom is 0.244 e. The maximum atomic E-state index is 12.9. The summed E-state index contributed by atoms with van der Waals surface area (Å²) in [6.45, 7) is 3.33. The van der Waals surface area contributed by atoms with Crippen LogP contribution in [0.1, 0.15) is 13.3 Å². The smallest absolute Gasteiger partial charge is 0.244 e. The van der Waals surface area contributed by atoms with Crippen molar-refractivity contribution < 1.29 is 35.8 Å². The molecule has 0 bridgehead atoms. The van der Waals surface area contributed by atoms with E-state index in [4.69, 9.17) is 14.2 Å². The molecule has 1 aliphatic rings. The van der Waals surface area contributed by atoms with E-state index >= 15 is 0 Å². The number of hydrogen-bond acceptors (Lipinski definition) is 8. The second-order valence-corrected chi connectivity index (χ2v) is 12.1. The first kappa shape index (κ1) is 28.7. The Morgan fingerprint density at radius 1 is 1.03 bits per heavy atom. The van der Waals surface area contributed by atoms with Gasteiger partial charge in [-0.2, -0.15) is 4.31 Å². The molecule has 1 unspecified atom stereocenters. The first-order valence-corrected chi connectivity index (χ1v) is 15.1. The molecule has 2 aromatic carbocycles. The molecule has 1 amide bonds. The number of amides is 1. The van der Waals surface area contributed by atoms with Gasteiger partial charge in [-0.15, -0.1) is 0 Å². The summed E-state index contributed by atoms with van der Waals surface area (Å²) in [5.41, 5.74) is 0.355. The summed E-state index contributed by atoms with van der Waals surface area (Å²) in [7, 11) is -5.84. The third kappa shape index (κ3) is 7.34. The highest BCUT2D eigenvalue weighted by atomic mass is 32.2. The van der Waals surface area contributed by atoms with Crippen LogP contribution in [0.2, 0.25) is 0 Å². The molecule has 1 fully saturated rings. The van der Waals surface area contributed by atoms with Gasteiger partial charge in [0.05, 0.1) is 43.7 Å². The SMILES string of the molecule is CCC(C(=O)NCCOc1ccc(S(=O)(=O)N2CCOCC2)cc1)N(c1ccc(OC)cc1)S(C)(=O)=O. The number of sulfonamides is 2. The second-order valence-electron chi connectivity index (χ2n) is 8.31. The largest absolute Gasteiger partial charge is 0.497 e. The van der Waals surface area contributed by atoms with Crippen LogP contribution in [0.4, 0.5) is 5.69 Å². The summed E-state index contributed by atoms with van der Waals surface area (Å²) >= 11 is 0. The van der Waals surface area contributed by atoms with Gasteiger partial charge in [0.25, 0.3) is 0 Å². The van der Waals surface area contributed by atoms with E-state index in [1.807, 2.05) is 0 Å². The molecule has 204 valence electrons. The highest BCUT2D eigenvalue weighted by Gasteiger charge is 2.31. The van der Waals surface area contributed by atoms with Crippen molar-refractivity contribution in [3.63, 3.8) is 0 Å². The minimum atomic E-state index is -3.75. The summed E-state index contributed by atoms with van der Waals surface area (Å²) < 4.78 is 69.0. The molecular weight excluding hydrogens is 522 g/mol. The third-order valence-electron chi connectivity index (χ3n) is 5.76. The number of morpholine rings is 1. The highest BCUT2D eigenvalue weighted by Crippen LogP contribution is 2.25. The van der Waals surface area contributed by atoms with Crippen LogP contribution in [0.3, 0.4) is 0 Å². The van der Waals surface area contributed by atoms with Crippen molar-refractivity contribution in [1.82, 2.24) is 9.62 Å². The summed E-state index contributed by atoms with van der Waals surface area (Å²) in [6.07, 6.45) is 1.31. The van der Waals surface area contributed by atoms with Gasteiger partial charge < -0.3 is 19.5 Å². The van der Waals surface area contributed by atoms with E-state index in [1.165, 1.54) is 23.5 Å². The lowest BCUT2D eigenvalue weighted by Gasteiger charge is -2.30. The Morgan fingerprint density at radius 2 is 1.62 bits per heavy atom. The number of nitrogens with zero attached hydrogens (tertiary/aromatic N) is 2. The topological polar surface area (TPSA) is 132 Å². The average molecular weight is 556 g/mol. The zero-order valence-corrected chi connectivity index (χ0v) is 22.8. The molecule has 0 aliphatic carbocycles. The average Bonchev–Trinajstić information content (AvgIpc) is 2.89. The molecule has 13 heteroatoms. The van der Waals surface area contributed by atoms with E-state index in [9.17, 15) is 21.6 Å². The highest BCUT2D eigenvalue weighted by molar-refractivity contribution is 7.92. The minimum Gasteiger partial charge on any atom is -0.497 e. The Balaban J connectivity index is 1.57. The fourth-order valence-corrected chi connectivity index (χ4v) is 6.51. The Kier molecular flexibility index (Phi) is 9.76. The van der Waals surface area contributed by atoms with Crippen molar-refractivity contribution in [2.24, 2.45) is 0 Å². The Morgan fingerprint density at radius 3 is 2.16 bits per heavy atom. The summed E-state index contributed by atoms with van der Waals surface area (Å²) in [5, 5.41) is 2.72. The lowest BCUT2D eigenvalue weighted by Crippen LogP contribution is -2.50. The molecule has 3 rings (SSSR count). The van der Waals surface area contributed by atoms with Crippen LogP contribution in [-0.2, 0) is 29.6 Å². The van der Waals surface area contributed by atoms with Gasteiger partial charge in [0, 0.05) is 13.1 Å². The number of nitrogens with one attached hydrogen (secondary N) is 1. The van der Waals surface area contributed by atoms with E-state index in [1.54, 1.807) is 43.3 Å². The molecule has 0 aromatic heterocycles. The second kappa shape index (κ2) is 12.6. The fraction of sp³-hybridized carbons (Fsp3) is 0.458. The van der Waals surface area contributed by atoms with Gasteiger partial charge in [0.15, 0.2) is 0 Å². The molecule has 1 saturated heterocycles. The van der Waals surface area contributed by atoms with Crippen LogP contribution in [0.5, 0.6) is 11.5 Å². The number of rotatable bonds is 12. The molecule has 1 atom stereocenters. The van der Waals surface area contributed by atoms with E-state index in [2.05, 4.69) is 5.32 Å². The minimum absolute atomic E-state index is 0.110. The number of carbonyl (C=O) groups excluding carboxylic acids is 1. The number of anilines is 1. The van der Waals surface area contributed by atoms with Gasteiger partial charge in [0.2, 0.25) is 26.0 Å². The summed E-state index contributed by atoms with van der Waals surface area (Å²) in [5.74, 6) is 0.552. The number of hydrogen-bond donors (Lipinski definition) is 1. The van der Waals surface area contributed by atoms with Gasteiger partial charge in [-0.1, -0.05) is 6.92 Å². The first-order valence-electron chi connectivity index (χ1n) is 11.8. The van der Waals surface area contributed by atoms with Gasteiger partial charge in [-0.05, 0) is 55.0 Å². The number of carbonyl (C=O) groups is 1. The lowest BCUT2D eigenvalue weighted by atomic mass is 10.2. The van der Waals surface area contributed by atoms with Crippen LogP contribution >= 0.6 is 0 Å². The number of ether oxygens (including phenoxy) is 3. The molecule has 0 saturated carbocycles. The van der Waals surface area contributed by atoms with Crippen molar-refractivity contribution in [3.8, 4) is 11.5 Å². The zero-order valence-electron chi connectivity index (χ0n) is 21.1. The standard InChI is InChI=1S/C24H33N3O8S2/c1-4-23(27(36(3,29)30)19-5-7-20(33-2)8-6-19)24(28)25-13-16-35-21-9-11-22(12-10-21)37(31,32)26-14-17-34-18-15-26/h5-12,23H,4,13-18H2,1-3H3,(H,25,28). The van der Waals surface area contributed by atoms with Gasteiger partial charge >= 0.3 is 0 Å². The molecular formula is C24H33N3O8S2. The van der Waals surface area contributed by atoms with Crippen LogP contribution in [0.25, 0.3) is 0 Å². The van der Waals surface area contributed by atoms with Crippen LogP contribution in [-0.4, -0.2) is 85.9 Å². The zero-order chi connectivity index (χ0) is 27.1. The normalized spacial score (nSPS) is 15.5. The molecule has 11 nitrogen and oxygen atoms in total. The summed E-state index contributed by atoms with van der Waals surface area (Å²) in [4.78, 5) is 13.1. The third-order valence-corrected chi connectivity index (χ3v) is 8.85. The van der Waals surface area contributed by atoms with Crippen molar-refractivity contribution in [2.75, 3.05) is 57.1 Å². The monoisotopic (exact) mass is 555 g/mol. The molecule has 1 N–H and O–H groups in total. The molecule has 0 spiro atoms. The number of benzene rings is 2. The van der Waals surface area contributed by atoms with Crippen LogP contribution < -0.4 is 19.1 Å². The predicted octanol–water partition coefficient (Wildman–Crippen LogP) is 1.46. The van der Waals surface area contributed by atoms with Crippen molar-refractivity contribution >= 4 is 31.6 Å². The van der Waals surface area contributed by atoms with E-state index < -0.39 is 32.0 Å². The quantitative estimate of drug-likeness (QED) is 0.390. The van der Waals surface area contributed by atoms with Crippen molar-refractivity contribution in [3.05, 3.63) is 48.5 Å². The van der Waals surface area contributed by atoms with Crippen molar-refractivity contribution in [1.29, 1.82) is 0 Å². The van der Waals surface area contributed by atoms with E-state index in [0.717, 1.165) is 10.6 Å². The van der Waals surface area contributed by atoms with Crippen LogP contribution in [0.15, 0.2) is 53.4 Å². The predicted molar refractivity (Wildman–Crippen MR) is 139 cm³/mol. The van der Waals surface area contributed by atoms with Crippen molar-refractivity contribution in [2.45, 2.75) is 24.3 Å². The molecule has 2 aromatic rings. The lowest BCUT2D eigenvalue weighted by molar-refractivity contribution is -0.122. The first-order chi connectivity index (χ1) is 17.6. The molecule has 37 heavy (non-hydrogen) atoms. The van der Waals surface area contributed by atoms with Gasteiger partial charge in [-0.3, -0.25) is 9.10 Å². The summed E-state index contributed by atoms with van der Waals surface area (Å²) in [6, 6.07) is 11.5. The molecule has 0 radical (unpaired) electrons. The van der Waals surface area contributed by atoms with Crippen LogP contribution in [0, 0.1) is 0 Å². The van der Waals surface area contributed by atoms with Gasteiger partial charge in [-0.25, -0.2) is 16.8 Å². The number of methoxy groups -OCH3 is 1. The Hall–Kier alpha value is -2.87. The maximum absolute atomic E-state index is 12.9. The van der Waals surface area contributed by atoms with E-state index in [-0.39, 0.29) is 24.5 Å². The van der Waals surface area contributed by atoms with E-state index in [0.29, 0.717) is 43.5 Å². The van der Waals surface area contributed by atoms with Gasteiger partial charge in [0.1, 0.15) is 24.1 Å². The molecule has 1 heterocycles.